The van der Waals surface area contributed by atoms with Crippen LogP contribution >= 0.6 is 15.9 Å². The zero-order valence-electron chi connectivity index (χ0n) is 7.87. The number of aliphatic carboxylic acids is 1. The molecule has 0 radical (unpaired) electrons. The number of hydrogen-bond acceptors (Lipinski definition) is 2. The first kappa shape index (κ1) is 11.7. The summed E-state index contributed by atoms with van der Waals surface area (Å²) < 4.78 is 0.772. The van der Waals surface area contributed by atoms with E-state index >= 15 is 0 Å². The van der Waals surface area contributed by atoms with Crippen LogP contribution < -0.4 is 5.32 Å². The molecule has 1 amide bonds. The number of nitrogens with one attached hydrogen (secondary N) is 1. The number of carbonyl (C=O) groups is 2. The molecule has 0 unspecified atom stereocenters. The maximum absolute atomic E-state index is 11.3. The van der Waals surface area contributed by atoms with Gasteiger partial charge >= 0.3 is 5.97 Å². The van der Waals surface area contributed by atoms with Crippen molar-refractivity contribution >= 4 is 33.5 Å². The predicted molar refractivity (Wildman–Crippen MR) is 59.6 cm³/mol. The van der Waals surface area contributed by atoms with Gasteiger partial charge in [0.05, 0.1) is 12.1 Å². The molecule has 1 rings (SSSR count). The Morgan fingerprint density at radius 3 is 2.53 bits per heavy atom. The highest BCUT2D eigenvalue weighted by Gasteiger charge is 2.06. The van der Waals surface area contributed by atoms with E-state index < -0.39 is 5.97 Å². The SMILES string of the molecule is O=C(O)CCC(=O)Nc1ccccc1Br. The van der Waals surface area contributed by atoms with Crippen LogP contribution in [0.4, 0.5) is 5.69 Å². The van der Waals surface area contributed by atoms with E-state index in [0.29, 0.717) is 5.69 Å². The van der Waals surface area contributed by atoms with Gasteiger partial charge in [0, 0.05) is 10.9 Å². The Morgan fingerprint density at radius 2 is 1.93 bits per heavy atom. The van der Waals surface area contributed by atoms with Crippen LogP contribution in [0.25, 0.3) is 0 Å². The van der Waals surface area contributed by atoms with Gasteiger partial charge in [-0.25, -0.2) is 0 Å². The number of para-hydroxylation sites is 1. The van der Waals surface area contributed by atoms with Crippen LogP contribution in [-0.2, 0) is 9.59 Å². The van der Waals surface area contributed by atoms with E-state index in [4.69, 9.17) is 5.11 Å². The Labute approximate surface area is 95.4 Å². The summed E-state index contributed by atoms with van der Waals surface area (Å²) >= 11 is 3.27. The van der Waals surface area contributed by atoms with Crippen LogP contribution in [-0.4, -0.2) is 17.0 Å². The summed E-state index contributed by atoms with van der Waals surface area (Å²) in [5.41, 5.74) is 0.646. The molecule has 15 heavy (non-hydrogen) atoms. The van der Waals surface area contributed by atoms with Crippen molar-refractivity contribution in [3.05, 3.63) is 28.7 Å². The van der Waals surface area contributed by atoms with Gasteiger partial charge in [-0.15, -0.1) is 0 Å². The van der Waals surface area contributed by atoms with E-state index in [1.54, 1.807) is 18.2 Å². The second kappa shape index (κ2) is 5.50. The van der Waals surface area contributed by atoms with Gasteiger partial charge in [-0.3, -0.25) is 9.59 Å². The normalized spacial score (nSPS) is 9.67. The molecule has 0 saturated heterocycles. The number of carboxylic acid groups (broad SMARTS) is 1. The minimum Gasteiger partial charge on any atom is -0.481 e. The number of carbonyl (C=O) groups excluding carboxylic acids is 1. The molecule has 0 fully saturated rings. The van der Waals surface area contributed by atoms with Crippen molar-refractivity contribution in [2.24, 2.45) is 0 Å². The summed E-state index contributed by atoms with van der Waals surface area (Å²) in [5, 5.41) is 11.0. The van der Waals surface area contributed by atoms with Gasteiger partial charge in [0.25, 0.3) is 0 Å². The van der Waals surface area contributed by atoms with E-state index in [9.17, 15) is 9.59 Å². The fraction of sp³-hybridized carbons (Fsp3) is 0.200. The van der Waals surface area contributed by atoms with E-state index in [2.05, 4.69) is 21.2 Å². The number of anilines is 1. The third kappa shape index (κ3) is 4.12. The van der Waals surface area contributed by atoms with Gasteiger partial charge in [-0.05, 0) is 28.1 Å². The molecule has 0 spiro atoms. The highest BCUT2D eigenvalue weighted by molar-refractivity contribution is 9.10. The minimum absolute atomic E-state index is 0.0172. The third-order valence-corrected chi connectivity index (χ3v) is 2.41. The van der Waals surface area contributed by atoms with Gasteiger partial charge < -0.3 is 10.4 Å². The lowest BCUT2D eigenvalue weighted by molar-refractivity contribution is -0.138. The topological polar surface area (TPSA) is 66.4 Å². The molecule has 5 heteroatoms. The zero-order chi connectivity index (χ0) is 11.3. The van der Waals surface area contributed by atoms with Gasteiger partial charge in [0.1, 0.15) is 0 Å². The van der Waals surface area contributed by atoms with Crippen LogP contribution in [0.5, 0.6) is 0 Å². The van der Waals surface area contributed by atoms with E-state index in [1.807, 2.05) is 6.07 Å². The summed E-state index contributed by atoms with van der Waals surface area (Å²) in [4.78, 5) is 21.5. The molecule has 4 nitrogen and oxygen atoms in total. The van der Waals surface area contributed by atoms with Crippen molar-refractivity contribution in [3.63, 3.8) is 0 Å². The van der Waals surface area contributed by atoms with Crippen LogP contribution in [0.15, 0.2) is 28.7 Å². The van der Waals surface area contributed by atoms with Crippen molar-refractivity contribution in [3.8, 4) is 0 Å². The van der Waals surface area contributed by atoms with Crippen molar-refractivity contribution in [2.75, 3.05) is 5.32 Å². The number of halogens is 1. The van der Waals surface area contributed by atoms with Crippen LogP contribution in [0.3, 0.4) is 0 Å². The molecule has 80 valence electrons. The van der Waals surface area contributed by atoms with Crippen LogP contribution in [0.2, 0.25) is 0 Å². The Hall–Kier alpha value is -1.36. The molecule has 0 heterocycles. The number of benzene rings is 1. The highest BCUT2D eigenvalue weighted by atomic mass is 79.9. The van der Waals surface area contributed by atoms with Crippen molar-refractivity contribution in [1.29, 1.82) is 0 Å². The largest absolute Gasteiger partial charge is 0.481 e. The molecular formula is C10H10BrNO3. The highest BCUT2D eigenvalue weighted by Crippen LogP contribution is 2.21. The summed E-state index contributed by atoms with van der Waals surface area (Å²) in [7, 11) is 0. The Bertz CT molecular complexity index is 379. The molecule has 0 bridgehead atoms. The number of hydrogen-bond donors (Lipinski definition) is 2. The van der Waals surface area contributed by atoms with Crippen LogP contribution in [0, 0.1) is 0 Å². The monoisotopic (exact) mass is 271 g/mol. The molecule has 1 aromatic rings. The Kier molecular flexibility index (Phi) is 4.30. The number of carboxylic acids is 1. The quantitative estimate of drug-likeness (QED) is 0.883. The Morgan fingerprint density at radius 1 is 1.27 bits per heavy atom. The maximum atomic E-state index is 11.3. The first-order valence-electron chi connectivity index (χ1n) is 4.36. The molecule has 0 aliphatic heterocycles. The molecule has 0 aliphatic rings. The van der Waals surface area contributed by atoms with Gasteiger partial charge in [0.2, 0.25) is 5.91 Å². The van der Waals surface area contributed by atoms with E-state index in [-0.39, 0.29) is 18.7 Å². The van der Waals surface area contributed by atoms with Gasteiger partial charge in [0.15, 0.2) is 0 Å². The predicted octanol–water partition coefficient (Wildman–Crippen LogP) is 2.25. The van der Waals surface area contributed by atoms with E-state index in [0.717, 1.165) is 4.47 Å². The average Bonchev–Trinajstić information content (AvgIpc) is 2.18. The third-order valence-electron chi connectivity index (χ3n) is 1.71. The van der Waals surface area contributed by atoms with E-state index in [1.165, 1.54) is 0 Å². The fourth-order valence-electron chi connectivity index (χ4n) is 0.996. The second-order valence-corrected chi connectivity index (χ2v) is 3.78. The van der Waals surface area contributed by atoms with Crippen molar-refractivity contribution < 1.29 is 14.7 Å². The Balaban J connectivity index is 2.52. The molecule has 1 aromatic carbocycles. The smallest absolute Gasteiger partial charge is 0.303 e. The fourth-order valence-corrected chi connectivity index (χ4v) is 1.38. The number of rotatable bonds is 4. The summed E-state index contributed by atoms with van der Waals surface area (Å²) in [5.74, 6) is -1.28. The number of amides is 1. The standard InChI is InChI=1S/C10H10BrNO3/c11-7-3-1-2-4-8(7)12-9(13)5-6-10(14)15/h1-4H,5-6H2,(H,12,13)(H,14,15). The molecular weight excluding hydrogens is 262 g/mol. The first-order chi connectivity index (χ1) is 7.09. The molecule has 0 atom stereocenters. The van der Waals surface area contributed by atoms with Crippen molar-refractivity contribution in [1.82, 2.24) is 0 Å². The lowest BCUT2D eigenvalue weighted by Gasteiger charge is -2.05. The molecule has 0 aliphatic carbocycles. The zero-order valence-corrected chi connectivity index (χ0v) is 9.45. The maximum Gasteiger partial charge on any atom is 0.303 e. The molecule has 2 N–H and O–H groups in total. The van der Waals surface area contributed by atoms with Crippen molar-refractivity contribution in [2.45, 2.75) is 12.8 Å². The summed E-state index contributed by atoms with van der Waals surface area (Å²) in [6.07, 6.45) is -0.174. The lowest BCUT2D eigenvalue weighted by Crippen LogP contribution is -2.13. The van der Waals surface area contributed by atoms with Crippen LogP contribution in [0.1, 0.15) is 12.8 Å². The summed E-state index contributed by atoms with van der Waals surface area (Å²) in [6.45, 7) is 0. The second-order valence-electron chi connectivity index (χ2n) is 2.92. The average molecular weight is 272 g/mol. The molecule has 0 aromatic heterocycles. The van der Waals surface area contributed by atoms with Gasteiger partial charge in [-0.1, -0.05) is 12.1 Å². The minimum atomic E-state index is -0.975. The molecule has 0 saturated carbocycles. The first-order valence-corrected chi connectivity index (χ1v) is 5.15. The van der Waals surface area contributed by atoms with Gasteiger partial charge in [-0.2, -0.15) is 0 Å². The lowest BCUT2D eigenvalue weighted by atomic mass is 10.2. The summed E-state index contributed by atoms with van der Waals surface area (Å²) in [6, 6.07) is 7.16.